The minimum absolute atomic E-state index is 0. The number of phenols is 1. The third kappa shape index (κ3) is 9.11. The summed E-state index contributed by atoms with van der Waals surface area (Å²) >= 11 is 0. The highest BCUT2D eigenvalue weighted by molar-refractivity contribution is 14.0. The van der Waals surface area contributed by atoms with Crippen molar-refractivity contribution < 1.29 is 27.8 Å². The van der Waals surface area contributed by atoms with Gasteiger partial charge >= 0.3 is 6.18 Å². The summed E-state index contributed by atoms with van der Waals surface area (Å²) in [5.74, 6) is 1.31. The number of alkyl halides is 3. The fourth-order valence-electron chi connectivity index (χ4n) is 2.60. The Kier molecular flexibility index (Phi) is 10.7. The van der Waals surface area contributed by atoms with Crippen molar-refractivity contribution in [3.63, 3.8) is 0 Å². The molecule has 6 nitrogen and oxygen atoms in total. The van der Waals surface area contributed by atoms with Gasteiger partial charge in [0.1, 0.15) is 17.2 Å². The number of aryl methyl sites for hydroxylation is 1. The minimum Gasteiger partial charge on any atom is -0.508 e. The standard InChI is InChI=1S/C21H26F3N3O3.HI/c1-4-25-20(27-12-16-10-17(29-3)7-8-18(16)28)26-11-15-6-5-14(2)9-19(15)30-13-21(22,23)24;/h5-10,28H,4,11-13H2,1-3H3,(H2,25,26,27);1H. The van der Waals surface area contributed by atoms with E-state index < -0.39 is 12.8 Å². The Bertz CT molecular complexity index is 877. The molecule has 0 unspecified atom stereocenters. The molecule has 10 heteroatoms. The van der Waals surface area contributed by atoms with E-state index in [9.17, 15) is 18.3 Å². The molecule has 0 bridgehead atoms. The third-order valence-corrected chi connectivity index (χ3v) is 4.10. The average Bonchev–Trinajstić information content (AvgIpc) is 2.70. The lowest BCUT2D eigenvalue weighted by atomic mass is 10.1. The summed E-state index contributed by atoms with van der Waals surface area (Å²) in [5, 5.41) is 16.1. The number of aromatic hydroxyl groups is 1. The van der Waals surface area contributed by atoms with Crippen LogP contribution in [0.25, 0.3) is 0 Å². The largest absolute Gasteiger partial charge is 0.508 e. The molecule has 172 valence electrons. The summed E-state index contributed by atoms with van der Waals surface area (Å²) in [6.07, 6.45) is -4.41. The number of guanidine groups is 1. The molecule has 2 rings (SSSR count). The maximum Gasteiger partial charge on any atom is 0.422 e. The van der Waals surface area contributed by atoms with Crippen LogP contribution in [0.3, 0.4) is 0 Å². The van der Waals surface area contributed by atoms with Crippen molar-refractivity contribution in [1.29, 1.82) is 0 Å². The number of methoxy groups -OCH3 is 1. The summed E-state index contributed by atoms with van der Waals surface area (Å²) in [4.78, 5) is 4.43. The van der Waals surface area contributed by atoms with Crippen molar-refractivity contribution in [2.75, 3.05) is 20.3 Å². The summed E-state index contributed by atoms with van der Waals surface area (Å²) in [6, 6.07) is 9.94. The summed E-state index contributed by atoms with van der Waals surface area (Å²) < 4.78 is 47.7. The lowest BCUT2D eigenvalue weighted by Crippen LogP contribution is -2.37. The fourth-order valence-corrected chi connectivity index (χ4v) is 2.60. The van der Waals surface area contributed by atoms with Gasteiger partial charge in [0.05, 0.1) is 13.7 Å². The predicted molar refractivity (Wildman–Crippen MR) is 124 cm³/mol. The van der Waals surface area contributed by atoms with E-state index >= 15 is 0 Å². The van der Waals surface area contributed by atoms with E-state index in [1.165, 1.54) is 13.2 Å². The van der Waals surface area contributed by atoms with E-state index in [-0.39, 0.29) is 48.6 Å². The molecule has 0 saturated carbocycles. The van der Waals surface area contributed by atoms with Crippen LogP contribution in [0.1, 0.15) is 23.6 Å². The molecular formula is C21H27F3IN3O3. The Balaban J connectivity index is 0.00000480. The molecule has 2 aromatic carbocycles. The van der Waals surface area contributed by atoms with Crippen LogP contribution in [0, 0.1) is 6.92 Å². The van der Waals surface area contributed by atoms with Crippen molar-refractivity contribution >= 4 is 29.9 Å². The van der Waals surface area contributed by atoms with Gasteiger partial charge in [-0.15, -0.1) is 24.0 Å². The molecule has 0 aliphatic carbocycles. The second-order valence-electron chi connectivity index (χ2n) is 6.56. The lowest BCUT2D eigenvalue weighted by molar-refractivity contribution is -0.153. The molecule has 0 saturated heterocycles. The molecule has 2 aromatic rings. The highest BCUT2D eigenvalue weighted by atomic mass is 127. The molecule has 3 N–H and O–H groups in total. The zero-order valence-corrected chi connectivity index (χ0v) is 19.9. The number of phenolic OH excluding ortho intramolecular Hbond substituents is 1. The molecule has 0 heterocycles. The van der Waals surface area contributed by atoms with Crippen molar-refractivity contribution in [2.24, 2.45) is 4.99 Å². The van der Waals surface area contributed by atoms with Crippen LogP contribution >= 0.6 is 24.0 Å². The zero-order valence-electron chi connectivity index (χ0n) is 17.5. The van der Waals surface area contributed by atoms with Crippen LogP contribution in [0.15, 0.2) is 41.4 Å². The number of hydrogen-bond donors (Lipinski definition) is 3. The first-order valence-corrected chi connectivity index (χ1v) is 9.39. The van der Waals surface area contributed by atoms with Crippen molar-refractivity contribution in [3.05, 3.63) is 53.1 Å². The first-order chi connectivity index (χ1) is 14.2. The van der Waals surface area contributed by atoms with E-state index in [1.807, 2.05) is 6.92 Å². The van der Waals surface area contributed by atoms with E-state index in [0.717, 1.165) is 5.56 Å². The second-order valence-corrected chi connectivity index (χ2v) is 6.56. The highest BCUT2D eigenvalue weighted by Gasteiger charge is 2.28. The quantitative estimate of drug-likeness (QED) is 0.255. The van der Waals surface area contributed by atoms with E-state index in [2.05, 4.69) is 15.6 Å². The van der Waals surface area contributed by atoms with Gasteiger partial charge in [0.15, 0.2) is 12.6 Å². The molecular weight excluding hydrogens is 526 g/mol. The number of benzene rings is 2. The maximum absolute atomic E-state index is 12.5. The van der Waals surface area contributed by atoms with Crippen LogP contribution in [0.5, 0.6) is 17.2 Å². The Morgan fingerprint density at radius 3 is 2.48 bits per heavy atom. The van der Waals surface area contributed by atoms with E-state index in [1.54, 1.807) is 37.3 Å². The van der Waals surface area contributed by atoms with Gasteiger partial charge in [0.2, 0.25) is 0 Å². The van der Waals surface area contributed by atoms with Gasteiger partial charge in [0, 0.05) is 24.2 Å². The third-order valence-electron chi connectivity index (χ3n) is 4.10. The molecule has 0 radical (unpaired) electrons. The molecule has 0 aromatic heterocycles. The smallest absolute Gasteiger partial charge is 0.422 e. The molecule has 0 atom stereocenters. The molecule has 0 aliphatic rings. The number of hydrogen-bond acceptors (Lipinski definition) is 4. The van der Waals surface area contributed by atoms with Crippen LogP contribution in [0.4, 0.5) is 13.2 Å². The van der Waals surface area contributed by atoms with E-state index in [4.69, 9.17) is 9.47 Å². The van der Waals surface area contributed by atoms with Gasteiger partial charge in [-0.3, -0.25) is 0 Å². The van der Waals surface area contributed by atoms with Crippen molar-refractivity contribution in [3.8, 4) is 17.2 Å². The summed E-state index contributed by atoms with van der Waals surface area (Å²) in [5.41, 5.74) is 1.95. The molecule has 0 spiro atoms. The number of aliphatic imine (C=N–C) groups is 1. The van der Waals surface area contributed by atoms with Gasteiger partial charge in [-0.05, 0) is 43.7 Å². The molecule has 0 fully saturated rings. The van der Waals surface area contributed by atoms with Crippen LogP contribution < -0.4 is 20.1 Å². The zero-order chi connectivity index (χ0) is 22.1. The summed E-state index contributed by atoms with van der Waals surface area (Å²) in [7, 11) is 1.53. The van der Waals surface area contributed by atoms with Gasteiger partial charge in [-0.25, -0.2) is 4.99 Å². The van der Waals surface area contributed by atoms with Gasteiger partial charge < -0.3 is 25.2 Å². The lowest BCUT2D eigenvalue weighted by Gasteiger charge is -2.16. The predicted octanol–water partition coefficient (Wildman–Crippen LogP) is 4.52. The first-order valence-electron chi connectivity index (χ1n) is 9.39. The fraction of sp³-hybridized carbons (Fsp3) is 0.381. The monoisotopic (exact) mass is 553 g/mol. The molecule has 31 heavy (non-hydrogen) atoms. The van der Waals surface area contributed by atoms with Crippen LogP contribution in [-0.4, -0.2) is 37.5 Å². The summed E-state index contributed by atoms with van der Waals surface area (Å²) in [6.45, 7) is 3.30. The minimum atomic E-state index is -4.41. The molecule has 0 aliphatic heterocycles. The second kappa shape index (κ2) is 12.5. The van der Waals surface area contributed by atoms with Gasteiger partial charge in [-0.1, -0.05) is 12.1 Å². The topological polar surface area (TPSA) is 75.1 Å². The Morgan fingerprint density at radius 2 is 1.84 bits per heavy atom. The molecule has 0 amide bonds. The van der Waals surface area contributed by atoms with Gasteiger partial charge in [-0.2, -0.15) is 13.2 Å². The number of nitrogens with one attached hydrogen (secondary N) is 2. The normalized spacial score (nSPS) is 11.5. The number of rotatable bonds is 8. The average molecular weight is 553 g/mol. The van der Waals surface area contributed by atoms with Gasteiger partial charge in [0.25, 0.3) is 0 Å². The Labute approximate surface area is 196 Å². The first kappa shape index (κ1) is 26.7. The van der Waals surface area contributed by atoms with Crippen molar-refractivity contribution in [1.82, 2.24) is 10.6 Å². The SMILES string of the molecule is CCNC(=NCc1cc(OC)ccc1O)NCc1ccc(C)cc1OCC(F)(F)F.I. The Morgan fingerprint density at radius 1 is 1.10 bits per heavy atom. The Hall–Kier alpha value is -2.37. The number of halogens is 4. The van der Waals surface area contributed by atoms with Crippen LogP contribution in [-0.2, 0) is 13.1 Å². The maximum atomic E-state index is 12.5. The van der Waals surface area contributed by atoms with E-state index in [0.29, 0.717) is 29.4 Å². The van der Waals surface area contributed by atoms with Crippen LogP contribution in [0.2, 0.25) is 0 Å². The highest BCUT2D eigenvalue weighted by Crippen LogP contribution is 2.25. The number of nitrogens with zero attached hydrogens (tertiary/aromatic N) is 1. The van der Waals surface area contributed by atoms with Crippen molar-refractivity contribution in [2.45, 2.75) is 33.1 Å². The number of ether oxygens (including phenoxy) is 2.